The molecule has 1 amide bonds. The number of piperidine rings is 1. The summed E-state index contributed by atoms with van der Waals surface area (Å²) in [6.45, 7) is 5.51. The number of sulfonamides is 1. The second kappa shape index (κ2) is 8.87. The Balaban J connectivity index is 2.19. The van der Waals surface area contributed by atoms with Crippen molar-refractivity contribution >= 4 is 27.5 Å². The van der Waals surface area contributed by atoms with Crippen LogP contribution in [0.4, 0.5) is 0 Å². The first kappa shape index (κ1) is 20.0. The third-order valence-electron chi connectivity index (χ3n) is 4.29. The molecule has 0 aliphatic carbocycles. The lowest BCUT2D eigenvalue weighted by atomic mass is 10.1. The number of benzene rings is 1. The summed E-state index contributed by atoms with van der Waals surface area (Å²) in [5, 5.41) is 0.306. The van der Waals surface area contributed by atoms with Gasteiger partial charge in [0.15, 0.2) is 6.61 Å². The van der Waals surface area contributed by atoms with Crippen molar-refractivity contribution in [3.63, 3.8) is 0 Å². The van der Waals surface area contributed by atoms with Crippen LogP contribution < -0.4 is 4.74 Å². The minimum absolute atomic E-state index is 0.00450. The Morgan fingerprint density at radius 1 is 1.20 bits per heavy atom. The Kier molecular flexibility index (Phi) is 7.10. The van der Waals surface area contributed by atoms with Crippen molar-refractivity contribution in [2.24, 2.45) is 0 Å². The summed E-state index contributed by atoms with van der Waals surface area (Å²) < 4.78 is 32.5. The second-order valence-corrected chi connectivity index (χ2v) is 8.25. The highest BCUT2D eigenvalue weighted by molar-refractivity contribution is 7.89. The van der Waals surface area contributed by atoms with Gasteiger partial charge in [-0.3, -0.25) is 4.79 Å². The maximum atomic E-state index is 12.8. The fraction of sp³-hybridized carbons (Fsp3) is 0.588. The Labute approximate surface area is 154 Å². The second-order valence-electron chi connectivity index (χ2n) is 5.91. The summed E-state index contributed by atoms with van der Waals surface area (Å²) in [5.41, 5.74) is 0. The minimum atomic E-state index is -3.73. The van der Waals surface area contributed by atoms with Crippen LogP contribution in [0.2, 0.25) is 5.02 Å². The normalized spacial score (nSPS) is 15.4. The van der Waals surface area contributed by atoms with E-state index in [0.29, 0.717) is 18.1 Å². The molecule has 2 rings (SSSR count). The molecule has 0 spiro atoms. The zero-order valence-electron chi connectivity index (χ0n) is 14.7. The molecule has 25 heavy (non-hydrogen) atoms. The van der Waals surface area contributed by atoms with E-state index in [1.54, 1.807) is 24.8 Å². The van der Waals surface area contributed by atoms with Crippen LogP contribution in [0.3, 0.4) is 0 Å². The summed E-state index contributed by atoms with van der Waals surface area (Å²) in [6.07, 6.45) is 3.12. The van der Waals surface area contributed by atoms with Crippen LogP contribution in [0.1, 0.15) is 33.1 Å². The molecule has 6 nitrogen and oxygen atoms in total. The first-order valence-corrected chi connectivity index (χ1v) is 10.4. The van der Waals surface area contributed by atoms with Crippen molar-refractivity contribution in [3.8, 4) is 5.75 Å². The zero-order valence-corrected chi connectivity index (χ0v) is 16.3. The van der Waals surface area contributed by atoms with E-state index in [4.69, 9.17) is 16.3 Å². The Bertz CT molecular complexity index is 699. The van der Waals surface area contributed by atoms with Crippen LogP contribution in [0, 0.1) is 0 Å². The first-order chi connectivity index (χ1) is 11.9. The van der Waals surface area contributed by atoms with E-state index in [9.17, 15) is 13.2 Å². The highest BCUT2D eigenvalue weighted by Gasteiger charge is 2.27. The number of nitrogens with zero attached hydrogens (tertiary/aromatic N) is 2. The molecule has 0 radical (unpaired) electrons. The number of amides is 1. The van der Waals surface area contributed by atoms with Crippen LogP contribution in [0.25, 0.3) is 0 Å². The van der Waals surface area contributed by atoms with Crippen LogP contribution in [-0.4, -0.2) is 56.3 Å². The number of halogens is 1. The molecule has 1 aromatic carbocycles. The number of likely N-dealkylation sites (tertiary alicyclic amines) is 1. The smallest absolute Gasteiger partial charge is 0.260 e. The Morgan fingerprint density at radius 2 is 1.84 bits per heavy atom. The van der Waals surface area contributed by atoms with Crippen LogP contribution in [0.5, 0.6) is 5.75 Å². The van der Waals surface area contributed by atoms with Crippen molar-refractivity contribution in [3.05, 3.63) is 23.2 Å². The van der Waals surface area contributed by atoms with E-state index in [2.05, 4.69) is 0 Å². The van der Waals surface area contributed by atoms with Gasteiger partial charge in [-0.15, -0.1) is 0 Å². The van der Waals surface area contributed by atoms with E-state index in [0.717, 1.165) is 32.4 Å². The van der Waals surface area contributed by atoms with E-state index in [1.165, 1.54) is 16.4 Å². The average molecular weight is 389 g/mol. The van der Waals surface area contributed by atoms with Gasteiger partial charge in [-0.05, 0) is 37.5 Å². The summed E-state index contributed by atoms with van der Waals surface area (Å²) in [5.74, 6) is 0.0301. The number of hydrogen-bond acceptors (Lipinski definition) is 4. The molecule has 1 aliphatic rings. The molecule has 0 atom stereocenters. The molecular formula is C17H25ClN2O4S. The van der Waals surface area contributed by atoms with Gasteiger partial charge in [0.25, 0.3) is 5.91 Å². The van der Waals surface area contributed by atoms with Crippen LogP contribution in [0.15, 0.2) is 23.1 Å². The van der Waals surface area contributed by atoms with Crippen molar-refractivity contribution < 1.29 is 17.9 Å². The average Bonchev–Trinajstić information content (AvgIpc) is 2.62. The predicted octanol–water partition coefficient (Wildman–Crippen LogP) is 2.76. The topological polar surface area (TPSA) is 66.9 Å². The van der Waals surface area contributed by atoms with Gasteiger partial charge in [0, 0.05) is 31.2 Å². The molecule has 1 fully saturated rings. The molecule has 0 saturated carbocycles. The molecule has 0 unspecified atom stereocenters. The van der Waals surface area contributed by atoms with Crippen LogP contribution in [-0.2, 0) is 14.8 Å². The summed E-state index contributed by atoms with van der Waals surface area (Å²) in [4.78, 5) is 14.0. The van der Waals surface area contributed by atoms with Gasteiger partial charge in [0.1, 0.15) is 10.6 Å². The Morgan fingerprint density at radius 3 is 2.44 bits per heavy atom. The van der Waals surface area contributed by atoms with E-state index >= 15 is 0 Å². The molecule has 0 aromatic heterocycles. The van der Waals surface area contributed by atoms with Crippen LogP contribution >= 0.6 is 11.6 Å². The molecule has 1 aliphatic heterocycles. The number of ether oxygens (including phenoxy) is 1. The third-order valence-corrected chi connectivity index (χ3v) is 6.60. The quantitative estimate of drug-likeness (QED) is 0.720. The molecule has 0 bridgehead atoms. The number of carbonyl (C=O) groups is 1. The third kappa shape index (κ3) is 4.86. The van der Waals surface area contributed by atoms with E-state index in [1.807, 2.05) is 0 Å². The summed E-state index contributed by atoms with van der Waals surface area (Å²) in [7, 11) is -3.73. The standard InChI is InChI=1S/C17H25ClN2O4S/c1-3-20(4-2)25(22,23)16-12-14(18)8-9-15(16)24-13-17(21)19-10-6-5-7-11-19/h8-9,12H,3-7,10-11,13H2,1-2H3. The SMILES string of the molecule is CCN(CC)S(=O)(=O)c1cc(Cl)ccc1OCC(=O)N1CCCCC1. The van der Waals surface area contributed by atoms with Gasteiger partial charge in [-0.1, -0.05) is 25.4 Å². The first-order valence-electron chi connectivity index (χ1n) is 8.60. The molecule has 8 heteroatoms. The number of rotatable bonds is 7. The molecule has 1 aromatic rings. The lowest BCUT2D eigenvalue weighted by Crippen LogP contribution is -2.38. The highest BCUT2D eigenvalue weighted by atomic mass is 35.5. The molecule has 0 N–H and O–H groups in total. The summed E-state index contributed by atoms with van der Waals surface area (Å²) in [6, 6.07) is 4.43. The number of carbonyl (C=O) groups excluding carboxylic acids is 1. The molecule has 1 saturated heterocycles. The molecular weight excluding hydrogens is 364 g/mol. The molecule has 1 heterocycles. The minimum Gasteiger partial charge on any atom is -0.482 e. The number of hydrogen-bond donors (Lipinski definition) is 0. The van der Waals surface area contributed by atoms with Crippen molar-refractivity contribution in [2.45, 2.75) is 38.0 Å². The predicted molar refractivity (Wildman–Crippen MR) is 97.5 cm³/mol. The van der Waals surface area contributed by atoms with E-state index in [-0.39, 0.29) is 23.2 Å². The Hall–Kier alpha value is -1.31. The fourth-order valence-electron chi connectivity index (χ4n) is 2.88. The molecule has 140 valence electrons. The summed E-state index contributed by atoms with van der Waals surface area (Å²) >= 11 is 5.98. The maximum Gasteiger partial charge on any atom is 0.260 e. The van der Waals surface area contributed by atoms with Gasteiger partial charge < -0.3 is 9.64 Å². The van der Waals surface area contributed by atoms with Gasteiger partial charge in [0.05, 0.1) is 0 Å². The van der Waals surface area contributed by atoms with Crippen molar-refractivity contribution in [1.29, 1.82) is 0 Å². The lowest BCUT2D eigenvalue weighted by molar-refractivity contribution is -0.134. The lowest BCUT2D eigenvalue weighted by Gasteiger charge is -2.27. The van der Waals surface area contributed by atoms with Gasteiger partial charge >= 0.3 is 0 Å². The van der Waals surface area contributed by atoms with E-state index < -0.39 is 10.0 Å². The monoisotopic (exact) mass is 388 g/mol. The van der Waals surface area contributed by atoms with Gasteiger partial charge in [-0.25, -0.2) is 8.42 Å². The zero-order chi connectivity index (χ0) is 18.4. The highest BCUT2D eigenvalue weighted by Crippen LogP contribution is 2.30. The maximum absolute atomic E-state index is 12.8. The largest absolute Gasteiger partial charge is 0.482 e. The van der Waals surface area contributed by atoms with Gasteiger partial charge in [-0.2, -0.15) is 4.31 Å². The fourth-order valence-corrected chi connectivity index (χ4v) is 4.73. The van der Waals surface area contributed by atoms with Gasteiger partial charge in [0.2, 0.25) is 10.0 Å². The van der Waals surface area contributed by atoms with Crippen molar-refractivity contribution in [2.75, 3.05) is 32.8 Å². The van der Waals surface area contributed by atoms with Crippen molar-refractivity contribution in [1.82, 2.24) is 9.21 Å².